The second-order valence-electron chi connectivity index (χ2n) is 7.74. The smallest absolute Gasteiger partial charge is 0.240 e. The normalized spacial score (nSPS) is 15.0. The fraction of sp³-hybridized carbons (Fsp3) is 0.364. The summed E-state index contributed by atoms with van der Waals surface area (Å²) in [7, 11) is -3.51. The fourth-order valence-electron chi connectivity index (χ4n) is 3.16. The third kappa shape index (κ3) is 5.22. The predicted molar refractivity (Wildman–Crippen MR) is 112 cm³/mol. The standard InChI is InChI=1S/C22H25N3O3S/c1-16(2)25-29(27,28)20-10-3-17(4-11-20)5-12-21(26)24-19-8-6-18(7-9-19)22(15-23)13-14-22/h3-4,6-11,16,25H,5,12-14H2,1-2H3,(H,24,26). The number of hydrogen-bond donors (Lipinski definition) is 2. The Hall–Kier alpha value is -2.69. The van der Waals surface area contributed by atoms with Gasteiger partial charge in [0.25, 0.3) is 0 Å². The van der Waals surface area contributed by atoms with Crippen molar-refractivity contribution < 1.29 is 13.2 Å². The van der Waals surface area contributed by atoms with Gasteiger partial charge in [0.15, 0.2) is 0 Å². The molecule has 7 heteroatoms. The molecule has 1 amide bonds. The van der Waals surface area contributed by atoms with Crippen LogP contribution in [0.1, 0.15) is 44.2 Å². The molecule has 0 saturated heterocycles. The molecule has 0 heterocycles. The van der Waals surface area contributed by atoms with E-state index in [0.29, 0.717) is 18.5 Å². The summed E-state index contributed by atoms with van der Waals surface area (Å²) in [4.78, 5) is 12.4. The Bertz CT molecular complexity index is 1020. The van der Waals surface area contributed by atoms with E-state index in [4.69, 9.17) is 0 Å². The van der Waals surface area contributed by atoms with Crippen LogP contribution in [-0.4, -0.2) is 20.4 Å². The molecule has 1 aliphatic rings. The van der Waals surface area contributed by atoms with Crippen LogP contribution in [-0.2, 0) is 26.7 Å². The van der Waals surface area contributed by atoms with Gasteiger partial charge in [-0.3, -0.25) is 4.79 Å². The first-order valence-electron chi connectivity index (χ1n) is 9.67. The van der Waals surface area contributed by atoms with Gasteiger partial charge in [-0.25, -0.2) is 13.1 Å². The van der Waals surface area contributed by atoms with Gasteiger partial charge >= 0.3 is 0 Å². The number of nitrogens with zero attached hydrogens (tertiary/aromatic N) is 1. The molecule has 2 aromatic carbocycles. The second-order valence-corrected chi connectivity index (χ2v) is 9.45. The summed E-state index contributed by atoms with van der Waals surface area (Å²) in [6.07, 6.45) is 2.59. The summed E-state index contributed by atoms with van der Waals surface area (Å²) in [5.41, 5.74) is 2.27. The van der Waals surface area contributed by atoms with Crippen LogP contribution in [0.15, 0.2) is 53.4 Å². The van der Waals surface area contributed by atoms with Crippen molar-refractivity contribution in [2.75, 3.05) is 5.32 Å². The molecule has 0 radical (unpaired) electrons. The lowest BCUT2D eigenvalue weighted by Crippen LogP contribution is -2.30. The highest BCUT2D eigenvalue weighted by Crippen LogP contribution is 2.47. The highest BCUT2D eigenvalue weighted by molar-refractivity contribution is 7.89. The molecule has 0 aliphatic heterocycles. The van der Waals surface area contributed by atoms with Crippen molar-refractivity contribution in [3.63, 3.8) is 0 Å². The van der Waals surface area contributed by atoms with Crippen molar-refractivity contribution in [2.45, 2.75) is 55.9 Å². The lowest BCUT2D eigenvalue weighted by atomic mass is 9.98. The largest absolute Gasteiger partial charge is 0.326 e. The number of sulfonamides is 1. The molecular formula is C22H25N3O3S. The zero-order valence-corrected chi connectivity index (χ0v) is 17.4. The van der Waals surface area contributed by atoms with E-state index in [1.54, 1.807) is 38.1 Å². The minimum absolute atomic E-state index is 0.114. The molecule has 0 spiro atoms. The minimum Gasteiger partial charge on any atom is -0.326 e. The molecule has 0 unspecified atom stereocenters. The summed E-state index contributed by atoms with van der Waals surface area (Å²) in [6.45, 7) is 3.54. The van der Waals surface area contributed by atoms with Crippen LogP contribution in [0.4, 0.5) is 5.69 Å². The second kappa shape index (κ2) is 8.36. The van der Waals surface area contributed by atoms with Crippen molar-refractivity contribution in [1.82, 2.24) is 4.72 Å². The summed E-state index contributed by atoms with van der Waals surface area (Å²) in [6, 6.07) is 16.2. The summed E-state index contributed by atoms with van der Waals surface area (Å²) in [5.74, 6) is -0.114. The lowest BCUT2D eigenvalue weighted by molar-refractivity contribution is -0.116. The van der Waals surface area contributed by atoms with Gasteiger partial charge in [0, 0.05) is 18.2 Å². The Morgan fingerprint density at radius 1 is 1.10 bits per heavy atom. The van der Waals surface area contributed by atoms with E-state index in [-0.39, 0.29) is 22.3 Å². The molecule has 0 aromatic heterocycles. The molecule has 1 aliphatic carbocycles. The molecule has 2 N–H and O–H groups in total. The van der Waals surface area contributed by atoms with Crippen molar-refractivity contribution in [3.8, 4) is 6.07 Å². The zero-order chi connectivity index (χ0) is 21.1. The van der Waals surface area contributed by atoms with Gasteiger partial charge in [-0.2, -0.15) is 5.26 Å². The zero-order valence-electron chi connectivity index (χ0n) is 16.6. The summed E-state index contributed by atoms with van der Waals surface area (Å²) >= 11 is 0. The molecule has 1 fully saturated rings. The SMILES string of the molecule is CC(C)NS(=O)(=O)c1ccc(CCC(=O)Nc2ccc(C3(C#N)CC3)cc2)cc1. The van der Waals surface area contributed by atoms with Crippen molar-refractivity contribution >= 4 is 21.6 Å². The molecular weight excluding hydrogens is 386 g/mol. The first kappa shape index (κ1) is 21.0. The predicted octanol–water partition coefficient (Wildman–Crippen LogP) is 3.50. The Kier molecular flexibility index (Phi) is 6.06. The number of amides is 1. The molecule has 0 atom stereocenters. The number of benzene rings is 2. The molecule has 0 bridgehead atoms. The molecule has 2 aromatic rings. The number of aryl methyl sites for hydroxylation is 1. The van der Waals surface area contributed by atoms with Crippen LogP contribution in [0.2, 0.25) is 0 Å². The van der Waals surface area contributed by atoms with Crippen LogP contribution >= 0.6 is 0 Å². The van der Waals surface area contributed by atoms with Gasteiger partial charge in [0.2, 0.25) is 15.9 Å². The van der Waals surface area contributed by atoms with Gasteiger partial charge < -0.3 is 5.32 Å². The van der Waals surface area contributed by atoms with E-state index in [2.05, 4.69) is 16.1 Å². The van der Waals surface area contributed by atoms with E-state index >= 15 is 0 Å². The number of nitrogens with one attached hydrogen (secondary N) is 2. The average molecular weight is 412 g/mol. The highest BCUT2D eigenvalue weighted by Gasteiger charge is 2.44. The summed E-state index contributed by atoms with van der Waals surface area (Å²) < 4.78 is 26.8. The Morgan fingerprint density at radius 2 is 1.72 bits per heavy atom. The Morgan fingerprint density at radius 3 is 2.24 bits per heavy atom. The van der Waals surface area contributed by atoms with E-state index in [0.717, 1.165) is 24.0 Å². The van der Waals surface area contributed by atoms with Crippen molar-refractivity contribution in [2.24, 2.45) is 0 Å². The fourth-order valence-corrected chi connectivity index (χ4v) is 4.41. The van der Waals surface area contributed by atoms with Gasteiger partial charge in [0.05, 0.1) is 16.4 Å². The van der Waals surface area contributed by atoms with Crippen LogP contribution in [0.3, 0.4) is 0 Å². The number of rotatable bonds is 8. The van der Waals surface area contributed by atoms with Crippen LogP contribution < -0.4 is 10.0 Å². The number of hydrogen-bond acceptors (Lipinski definition) is 4. The third-order valence-corrected chi connectivity index (χ3v) is 6.62. The lowest BCUT2D eigenvalue weighted by Gasteiger charge is -2.10. The summed E-state index contributed by atoms with van der Waals surface area (Å²) in [5, 5.41) is 12.1. The first-order chi connectivity index (χ1) is 13.7. The maximum Gasteiger partial charge on any atom is 0.240 e. The first-order valence-corrected chi connectivity index (χ1v) is 11.2. The molecule has 152 valence electrons. The Labute approximate surface area is 172 Å². The topological polar surface area (TPSA) is 99.1 Å². The van der Waals surface area contributed by atoms with Crippen LogP contribution in [0.5, 0.6) is 0 Å². The van der Waals surface area contributed by atoms with E-state index < -0.39 is 10.0 Å². The van der Waals surface area contributed by atoms with Gasteiger partial charge in [0.1, 0.15) is 0 Å². The van der Waals surface area contributed by atoms with Crippen LogP contribution in [0.25, 0.3) is 0 Å². The average Bonchev–Trinajstić information content (AvgIpc) is 3.48. The Balaban J connectivity index is 1.52. The van der Waals surface area contributed by atoms with Crippen molar-refractivity contribution in [3.05, 3.63) is 59.7 Å². The van der Waals surface area contributed by atoms with Crippen molar-refractivity contribution in [1.29, 1.82) is 5.26 Å². The quantitative estimate of drug-likeness (QED) is 0.694. The minimum atomic E-state index is -3.51. The number of carbonyl (C=O) groups excluding carboxylic acids is 1. The third-order valence-electron chi connectivity index (χ3n) is 4.95. The van der Waals surface area contributed by atoms with E-state index in [1.807, 2.05) is 24.3 Å². The number of nitriles is 1. The highest BCUT2D eigenvalue weighted by atomic mass is 32.2. The molecule has 6 nitrogen and oxygen atoms in total. The van der Waals surface area contributed by atoms with Gasteiger partial charge in [-0.15, -0.1) is 0 Å². The van der Waals surface area contributed by atoms with Gasteiger partial charge in [-0.05, 0) is 68.5 Å². The maximum atomic E-state index is 12.2. The van der Waals surface area contributed by atoms with E-state index in [9.17, 15) is 18.5 Å². The van der Waals surface area contributed by atoms with Gasteiger partial charge in [-0.1, -0.05) is 24.3 Å². The monoisotopic (exact) mass is 411 g/mol. The van der Waals surface area contributed by atoms with Crippen LogP contribution in [0, 0.1) is 11.3 Å². The molecule has 1 saturated carbocycles. The van der Waals surface area contributed by atoms with E-state index in [1.165, 1.54) is 0 Å². The molecule has 3 rings (SSSR count). The number of carbonyl (C=O) groups is 1. The maximum absolute atomic E-state index is 12.2. The molecule has 29 heavy (non-hydrogen) atoms. The number of anilines is 1.